The Hall–Kier alpha value is -0.940. The SMILES string of the molecule is CC(NC(=O)c1csc(CCN)n1)C1CC1. The summed E-state index contributed by atoms with van der Waals surface area (Å²) in [5, 5.41) is 5.73. The monoisotopic (exact) mass is 239 g/mol. The second-order valence-corrected chi connectivity index (χ2v) is 5.21. The number of nitrogens with one attached hydrogen (secondary N) is 1. The highest BCUT2D eigenvalue weighted by atomic mass is 32.1. The Morgan fingerprint density at radius 2 is 2.50 bits per heavy atom. The molecule has 1 aliphatic rings. The Kier molecular flexibility index (Phi) is 3.56. The Bertz CT molecular complexity index is 373. The molecular weight excluding hydrogens is 222 g/mol. The van der Waals surface area contributed by atoms with Crippen molar-refractivity contribution >= 4 is 17.2 Å². The zero-order chi connectivity index (χ0) is 11.5. The standard InChI is InChI=1S/C11H17N3OS/c1-7(8-2-3-8)13-11(15)9-6-16-10(14-9)4-5-12/h6-8H,2-5,12H2,1H3,(H,13,15). The summed E-state index contributed by atoms with van der Waals surface area (Å²) in [6.07, 6.45) is 3.21. The van der Waals surface area contributed by atoms with Crippen molar-refractivity contribution in [2.24, 2.45) is 11.7 Å². The molecular formula is C11H17N3OS. The fourth-order valence-corrected chi connectivity index (χ4v) is 2.44. The molecule has 0 aromatic carbocycles. The van der Waals surface area contributed by atoms with E-state index in [1.165, 1.54) is 24.2 Å². The van der Waals surface area contributed by atoms with Crippen molar-refractivity contribution < 1.29 is 4.79 Å². The van der Waals surface area contributed by atoms with E-state index in [2.05, 4.69) is 17.2 Å². The van der Waals surface area contributed by atoms with Gasteiger partial charge in [-0.2, -0.15) is 0 Å². The molecule has 0 radical (unpaired) electrons. The van der Waals surface area contributed by atoms with Crippen LogP contribution < -0.4 is 11.1 Å². The quantitative estimate of drug-likeness (QED) is 0.810. The van der Waals surface area contributed by atoms with E-state index < -0.39 is 0 Å². The van der Waals surface area contributed by atoms with Crippen LogP contribution in [0.3, 0.4) is 0 Å². The molecule has 1 heterocycles. The largest absolute Gasteiger partial charge is 0.348 e. The van der Waals surface area contributed by atoms with E-state index in [1.807, 2.05) is 0 Å². The molecule has 1 aromatic rings. The van der Waals surface area contributed by atoms with Crippen LogP contribution in [0.15, 0.2) is 5.38 Å². The summed E-state index contributed by atoms with van der Waals surface area (Å²) >= 11 is 1.50. The van der Waals surface area contributed by atoms with Crippen molar-refractivity contribution in [2.45, 2.75) is 32.2 Å². The molecule has 4 nitrogen and oxygen atoms in total. The van der Waals surface area contributed by atoms with Crippen molar-refractivity contribution in [2.75, 3.05) is 6.54 Å². The lowest BCUT2D eigenvalue weighted by Gasteiger charge is -2.10. The van der Waals surface area contributed by atoms with Crippen LogP contribution >= 0.6 is 11.3 Å². The number of nitrogens with two attached hydrogens (primary N) is 1. The number of carbonyl (C=O) groups is 1. The minimum absolute atomic E-state index is 0.0566. The molecule has 1 aliphatic carbocycles. The third kappa shape index (κ3) is 2.80. The molecule has 1 aromatic heterocycles. The molecule has 0 aliphatic heterocycles. The maximum absolute atomic E-state index is 11.8. The van der Waals surface area contributed by atoms with Crippen LogP contribution in [0.1, 0.15) is 35.3 Å². The van der Waals surface area contributed by atoms with Crippen molar-refractivity contribution in [1.29, 1.82) is 0 Å². The zero-order valence-corrected chi connectivity index (χ0v) is 10.2. The first-order valence-electron chi connectivity index (χ1n) is 5.66. The summed E-state index contributed by atoms with van der Waals surface area (Å²) in [6, 6.07) is 0.271. The molecule has 3 N–H and O–H groups in total. The second-order valence-electron chi connectivity index (χ2n) is 4.26. The van der Waals surface area contributed by atoms with Crippen LogP contribution in [-0.4, -0.2) is 23.5 Å². The summed E-state index contributed by atoms with van der Waals surface area (Å²) in [7, 11) is 0. The molecule has 0 saturated heterocycles. The Morgan fingerprint density at radius 1 is 1.75 bits per heavy atom. The van der Waals surface area contributed by atoms with Crippen LogP contribution in [0.25, 0.3) is 0 Å². The van der Waals surface area contributed by atoms with Gasteiger partial charge in [-0.1, -0.05) is 0 Å². The summed E-state index contributed by atoms with van der Waals surface area (Å²) in [4.78, 5) is 16.1. The zero-order valence-electron chi connectivity index (χ0n) is 9.40. The van der Waals surface area contributed by atoms with E-state index in [0.29, 0.717) is 18.2 Å². The molecule has 88 valence electrons. The summed E-state index contributed by atoms with van der Waals surface area (Å²) in [5.41, 5.74) is 5.97. The normalized spacial score (nSPS) is 17.1. The molecule has 1 fully saturated rings. The first-order valence-corrected chi connectivity index (χ1v) is 6.54. The smallest absolute Gasteiger partial charge is 0.270 e. The first-order chi connectivity index (χ1) is 7.70. The molecule has 1 saturated carbocycles. The third-order valence-corrected chi connectivity index (χ3v) is 3.74. The third-order valence-electron chi connectivity index (χ3n) is 2.83. The van der Waals surface area contributed by atoms with Crippen LogP contribution in [-0.2, 0) is 6.42 Å². The Balaban J connectivity index is 1.91. The maximum atomic E-state index is 11.8. The van der Waals surface area contributed by atoms with Gasteiger partial charge in [-0.15, -0.1) is 11.3 Å². The van der Waals surface area contributed by atoms with Gasteiger partial charge in [0.1, 0.15) is 5.69 Å². The van der Waals surface area contributed by atoms with E-state index in [-0.39, 0.29) is 11.9 Å². The molecule has 16 heavy (non-hydrogen) atoms. The molecule has 1 amide bonds. The van der Waals surface area contributed by atoms with Gasteiger partial charge in [-0.25, -0.2) is 4.98 Å². The van der Waals surface area contributed by atoms with Gasteiger partial charge in [0.2, 0.25) is 0 Å². The lowest BCUT2D eigenvalue weighted by atomic mass is 10.2. The van der Waals surface area contributed by atoms with Gasteiger partial charge < -0.3 is 11.1 Å². The van der Waals surface area contributed by atoms with E-state index in [0.717, 1.165) is 11.4 Å². The average Bonchev–Trinajstić information content (AvgIpc) is 3.00. The number of hydrogen-bond donors (Lipinski definition) is 2. The number of thiazole rings is 1. The Morgan fingerprint density at radius 3 is 3.12 bits per heavy atom. The minimum Gasteiger partial charge on any atom is -0.348 e. The van der Waals surface area contributed by atoms with Crippen LogP contribution in [0, 0.1) is 5.92 Å². The van der Waals surface area contributed by atoms with Gasteiger partial charge in [0.05, 0.1) is 5.01 Å². The maximum Gasteiger partial charge on any atom is 0.270 e. The highest BCUT2D eigenvalue weighted by Crippen LogP contribution is 2.32. The van der Waals surface area contributed by atoms with Gasteiger partial charge in [0.15, 0.2) is 0 Å². The lowest BCUT2D eigenvalue weighted by molar-refractivity contribution is 0.0931. The number of carbonyl (C=O) groups excluding carboxylic acids is 1. The number of amides is 1. The van der Waals surface area contributed by atoms with Gasteiger partial charge in [0.25, 0.3) is 5.91 Å². The predicted octanol–water partition coefficient (Wildman–Crippen LogP) is 1.17. The van der Waals surface area contributed by atoms with E-state index in [9.17, 15) is 4.79 Å². The summed E-state index contributed by atoms with van der Waals surface area (Å²) < 4.78 is 0. The fourth-order valence-electron chi connectivity index (χ4n) is 1.65. The molecule has 2 rings (SSSR count). The van der Waals surface area contributed by atoms with Crippen molar-refractivity contribution in [3.63, 3.8) is 0 Å². The van der Waals surface area contributed by atoms with Gasteiger partial charge in [-0.3, -0.25) is 4.79 Å². The van der Waals surface area contributed by atoms with E-state index in [4.69, 9.17) is 5.73 Å². The molecule has 0 bridgehead atoms. The summed E-state index contributed by atoms with van der Waals surface area (Å²) in [5.74, 6) is 0.616. The van der Waals surface area contributed by atoms with E-state index in [1.54, 1.807) is 5.38 Å². The highest BCUT2D eigenvalue weighted by molar-refractivity contribution is 7.09. The number of rotatable bonds is 5. The molecule has 1 unspecified atom stereocenters. The Labute approximate surface area is 99.3 Å². The van der Waals surface area contributed by atoms with Gasteiger partial charge in [-0.05, 0) is 32.2 Å². The van der Waals surface area contributed by atoms with Gasteiger partial charge >= 0.3 is 0 Å². The van der Waals surface area contributed by atoms with Crippen LogP contribution in [0.5, 0.6) is 0 Å². The van der Waals surface area contributed by atoms with Gasteiger partial charge in [0, 0.05) is 17.8 Å². The molecule has 5 heteroatoms. The average molecular weight is 239 g/mol. The van der Waals surface area contributed by atoms with Crippen molar-refractivity contribution in [1.82, 2.24) is 10.3 Å². The number of nitrogens with zero attached hydrogens (tertiary/aromatic N) is 1. The summed E-state index contributed by atoms with van der Waals surface area (Å²) in [6.45, 7) is 2.63. The van der Waals surface area contributed by atoms with Crippen LogP contribution in [0.4, 0.5) is 0 Å². The van der Waals surface area contributed by atoms with Crippen LogP contribution in [0.2, 0.25) is 0 Å². The highest BCUT2D eigenvalue weighted by Gasteiger charge is 2.29. The molecule has 1 atom stereocenters. The van der Waals surface area contributed by atoms with Crippen molar-refractivity contribution in [3.05, 3.63) is 16.1 Å². The second kappa shape index (κ2) is 4.93. The minimum atomic E-state index is -0.0566. The topological polar surface area (TPSA) is 68.0 Å². The fraction of sp³-hybridized carbons (Fsp3) is 0.636. The first kappa shape index (κ1) is 11.5. The van der Waals surface area contributed by atoms with Crippen molar-refractivity contribution in [3.8, 4) is 0 Å². The molecule has 0 spiro atoms. The predicted molar refractivity (Wildman–Crippen MR) is 64.5 cm³/mol. The van der Waals surface area contributed by atoms with E-state index >= 15 is 0 Å². The number of hydrogen-bond acceptors (Lipinski definition) is 4. The lowest BCUT2D eigenvalue weighted by Crippen LogP contribution is -2.34. The number of aromatic nitrogens is 1.